The number of carbonyl (C=O) groups is 4. The Hall–Kier alpha value is -4.02. The Morgan fingerprint density at radius 3 is 2.09 bits per heavy atom. The molecule has 1 unspecified atom stereocenters. The van der Waals surface area contributed by atoms with Gasteiger partial charge in [0.1, 0.15) is 24.3 Å². The van der Waals surface area contributed by atoms with E-state index in [1.165, 1.54) is 4.90 Å². The van der Waals surface area contributed by atoms with Crippen LogP contribution in [0, 0.1) is 5.41 Å². The van der Waals surface area contributed by atoms with Crippen molar-refractivity contribution in [1.82, 2.24) is 0 Å². The van der Waals surface area contributed by atoms with Gasteiger partial charge in [0.15, 0.2) is 5.78 Å². The summed E-state index contributed by atoms with van der Waals surface area (Å²) < 4.78 is 5.75. The molecule has 2 aromatic rings. The molecule has 0 aliphatic carbocycles. The molecule has 188 valence electrons. The first-order valence-corrected chi connectivity index (χ1v) is 10.6. The van der Waals surface area contributed by atoms with Crippen molar-refractivity contribution in [3.63, 3.8) is 0 Å². The zero-order valence-electron chi connectivity index (χ0n) is 19.5. The number of carboxylic acid groups (broad SMARTS) is 3. The fourth-order valence-corrected chi connectivity index (χ4v) is 2.67. The minimum absolute atomic E-state index is 0.0448. The van der Waals surface area contributed by atoms with Crippen LogP contribution in [0.4, 0.5) is 0 Å². The SMILES string of the molecule is C[NH+](C)CCOc1ccccc1C(=O)C=Cc1ccccc1.O=C(O)CC(CO)(C(=O)[O-])C(=O)O. The molecule has 0 aliphatic rings. The number of nitrogens with one attached hydrogen (secondary N) is 1. The van der Waals surface area contributed by atoms with Crippen molar-refractivity contribution in [2.24, 2.45) is 5.41 Å². The molecule has 4 N–H and O–H groups in total. The lowest BCUT2D eigenvalue weighted by Gasteiger charge is -2.25. The highest BCUT2D eigenvalue weighted by Crippen LogP contribution is 2.21. The monoisotopic (exact) mass is 487 g/mol. The van der Waals surface area contributed by atoms with Crippen molar-refractivity contribution < 1.29 is 49.2 Å². The molecule has 0 spiro atoms. The minimum Gasteiger partial charge on any atom is -0.549 e. The summed E-state index contributed by atoms with van der Waals surface area (Å²) in [5, 5.41) is 35.4. The number of carboxylic acids is 3. The normalized spacial score (nSPS) is 12.3. The molecule has 0 saturated heterocycles. The zero-order valence-corrected chi connectivity index (χ0v) is 19.5. The predicted octanol–water partition coefficient (Wildman–Crippen LogP) is -0.620. The molecule has 10 heteroatoms. The van der Waals surface area contributed by atoms with Gasteiger partial charge in [-0.25, -0.2) is 0 Å². The highest BCUT2D eigenvalue weighted by atomic mass is 16.5. The number of hydrogen-bond donors (Lipinski definition) is 4. The maximum Gasteiger partial charge on any atom is 0.318 e. The number of hydrogen-bond acceptors (Lipinski definition) is 7. The lowest BCUT2D eigenvalue weighted by Crippen LogP contribution is -3.06. The number of quaternary nitrogens is 1. The minimum atomic E-state index is -2.76. The van der Waals surface area contributed by atoms with E-state index in [1.807, 2.05) is 54.6 Å². The number of allylic oxidation sites excluding steroid dienone is 1. The molecule has 1 atom stereocenters. The second-order valence-electron chi connectivity index (χ2n) is 7.81. The second-order valence-corrected chi connectivity index (χ2v) is 7.81. The Morgan fingerprint density at radius 1 is 1.00 bits per heavy atom. The number of aliphatic hydroxyl groups excluding tert-OH is 1. The maximum atomic E-state index is 12.4. The summed E-state index contributed by atoms with van der Waals surface area (Å²) in [4.78, 5) is 44.5. The number of aliphatic hydroxyl groups is 1. The van der Waals surface area contributed by atoms with Gasteiger partial charge in [-0.2, -0.15) is 0 Å². The van der Waals surface area contributed by atoms with Crippen molar-refractivity contribution >= 4 is 29.8 Å². The molecular weight excluding hydrogens is 458 g/mol. The first-order valence-electron chi connectivity index (χ1n) is 10.6. The van der Waals surface area contributed by atoms with E-state index in [2.05, 4.69) is 14.1 Å². The molecule has 0 radical (unpaired) electrons. The number of aliphatic carboxylic acids is 3. The second kappa shape index (κ2) is 14.3. The third kappa shape index (κ3) is 9.40. The average Bonchev–Trinajstić information content (AvgIpc) is 2.81. The first-order chi connectivity index (χ1) is 16.5. The van der Waals surface area contributed by atoms with Crippen LogP contribution in [0.5, 0.6) is 5.75 Å². The molecule has 2 aromatic carbocycles. The fourth-order valence-electron chi connectivity index (χ4n) is 2.67. The van der Waals surface area contributed by atoms with Crippen LogP contribution in [-0.2, 0) is 14.4 Å². The fraction of sp³-hybridized carbons (Fsp3) is 0.280. The Labute approximate surface area is 202 Å². The van der Waals surface area contributed by atoms with Gasteiger partial charge in [0, 0.05) is 0 Å². The van der Waals surface area contributed by atoms with Crippen LogP contribution >= 0.6 is 0 Å². The van der Waals surface area contributed by atoms with E-state index in [9.17, 15) is 24.3 Å². The molecule has 0 aromatic heterocycles. The van der Waals surface area contributed by atoms with Gasteiger partial charge in [0.05, 0.1) is 38.7 Å². The van der Waals surface area contributed by atoms with E-state index >= 15 is 0 Å². The topological polar surface area (TPSA) is 166 Å². The smallest absolute Gasteiger partial charge is 0.318 e. The molecule has 0 saturated carbocycles. The van der Waals surface area contributed by atoms with Crippen LogP contribution in [0.3, 0.4) is 0 Å². The maximum absolute atomic E-state index is 12.4. The summed E-state index contributed by atoms with van der Waals surface area (Å²) in [5.74, 6) is -5.09. The number of carbonyl (C=O) groups excluding carboxylic acids is 2. The van der Waals surface area contributed by atoms with Crippen LogP contribution < -0.4 is 14.7 Å². The van der Waals surface area contributed by atoms with Crippen molar-refractivity contribution in [2.75, 3.05) is 33.9 Å². The van der Waals surface area contributed by atoms with Crippen LogP contribution in [0.1, 0.15) is 22.3 Å². The lowest BCUT2D eigenvalue weighted by atomic mass is 9.85. The van der Waals surface area contributed by atoms with Crippen molar-refractivity contribution in [2.45, 2.75) is 6.42 Å². The highest BCUT2D eigenvalue weighted by molar-refractivity contribution is 6.08. The number of benzene rings is 2. The van der Waals surface area contributed by atoms with Gasteiger partial charge in [-0.3, -0.25) is 14.4 Å². The van der Waals surface area contributed by atoms with Crippen LogP contribution in [0.25, 0.3) is 6.08 Å². The van der Waals surface area contributed by atoms with E-state index in [0.717, 1.165) is 12.1 Å². The number of likely N-dealkylation sites (N-methyl/N-ethyl adjacent to an activating group) is 1. The van der Waals surface area contributed by atoms with Crippen LogP contribution in [0.2, 0.25) is 0 Å². The quantitative estimate of drug-likeness (QED) is 0.173. The van der Waals surface area contributed by atoms with Gasteiger partial charge in [-0.15, -0.1) is 0 Å². The third-order valence-electron chi connectivity index (χ3n) is 4.76. The first kappa shape index (κ1) is 29.0. The molecule has 0 amide bonds. The molecule has 10 nitrogen and oxygen atoms in total. The van der Waals surface area contributed by atoms with Gasteiger partial charge in [-0.05, 0) is 23.8 Å². The van der Waals surface area contributed by atoms with Crippen molar-refractivity contribution in [3.05, 3.63) is 71.8 Å². The van der Waals surface area contributed by atoms with Gasteiger partial charge in [-0.1, -0.05) is 48.5 Å². The number of ether oxygens (including phenoxy) is 1. The molecule has 0 bridgehead atoms. The largest absolute Gasteiger partial charge is 0.549 e. The number of ketones is 1. The van der Waals surface area contributed by atoms with E-state index in [-0.39, 0.29) is 5.78 Å². The summed E-state index contributed by atoms with van der Waals surface area (Å²) >= 11 is 0. The molecule has 0 aliphatic heterocycles. The molecule has 0 fully saturated rings. The van der Waals surface area contributed by atoms with Crippen molar-refractivity contribution in [1.29, 1.82) is 0 Å². The van der Waals surface area contributed by atoms with Crippen LogP contribution in [0.15, 0.2) is 60.7 Å². The third-order valence-corrected chi connectivity index (χ3v) is 4.76. The molecule has 35 heavy (non-hydrogen) atoms. The summed E-state index contributed by atoms with van der Waals surface area (Å²) in [6.45, 7) is 0.161. The molecule has 2 rings (SSSR count). The van der Waals surface area contributed by atoms with Crippen LogP contribution in [-0.4, -0.2) is 72.9 Å². The lowest BCUT2D eigenvalue weighted by molar-refractivity contribution is -0.858. The molecular formula is C25H29NO9. The zero-order chi connectivity index (χ0) is 26.4. The van der Waals surface area contributed by atoms with Gasteiger partial charge >= 0.3 is 11.9 Å². The van der Waals surface area contributed by atoms with Gasteiger partial charge in [0.2, 0.25) is 0 Å². The summed E-state index contributed by atoms with van der Waals surface area (Å²) in [6.07, 6.45) is 2.19. The Morgan fingerprint density at radius 2 is 1.60 bits per heavy atom. The highest BCUT2D eigenvalue weighted by Gasteiger charge is 2.42. The van der Waals surface area contributed by atoms with E-state index in [1.54, 1.807) is 12.1 Å². The Kier molecular flexibility index (Phi) is 11.8. The van der Waals surface area contributed by atoms with E-state index < -0.39 is 36.4 Å². The standard InChI is InChI=1S/C19H21NO2.C6H8O7/c1-20(2)14-15-22-19-11-7-6-10-17(19)18(21)13-12-16-8-4-3-5-9-16;7-2-6(4(10)11,5(12)13)1-3(8)9/h3-13H,14-15H2,1-2H3;7H,1-2H2,(H,8,9)(H,10,11)(H,12,13). The summed E-state index contributed by atoms with van der Waals surface area (Å²) in [6, 6.07) is 17.2. The predicted molar refractivity (Wildman–Crippen MR) is 124 cm³/mol. The number of para-hydroxylation sites is 1. The average molecular weight is 488 g/mol. The summed E-state index contributed by atoms with van der Waals surface area (Å²) in [5.41, 5.74) is -1.15. The van der Waals surface area contributed by atoms with E-state index in [0.29, 0.717) is 17.9 Å². The Bertz CT molecular complexity index is 1020. The Balaban J connectivity index is 0.000000405. The molecule has 0 heterocycles. The van der Waals surface area contributed by atoms with Gasteiger partial charge in [0.25, 0.3) is 0 Å². The number of rotatable bonds is 12. The van der Waals surface area contributed by atoms with Crippen molar-refractivity contribution in [3.8, 4) is 5.75 Å². The summed E-state index contributed by atoms with van der Waals surface area (Å²) in [7, 11) is 4.14. The van der Waals surface area contributed by atoms with E-state index in [4.69, 9.17) is 20.1 Å². The van der Waals surface area contributed by atoms with Gasteiger partial charge < -0.3 is 34.9 Å².